The van der Waals surface area contributed by atoms with Crippen LogP contribution in [0.5, 0.6) is 0 Å². The van der Waals surface area contributed by atoms with Crippen molar-refractivity contribution in [1.29, 1.82) is 0 Å². The Kier molecular flexibility index (Phi) is 5.23. The second kappa shape index (κ2) is 4.83. The number of rotatable bonds is 4. The number of aliphatic hydroxyl groups is 1. The zero-order valence-electron chi connectivity index (χ0n) is 7.27. The highest BCUT2D eigenvalue weighted by Crippen LogP contribution is 2.28. The fourth-order valence-corrected chi connectivity index (χ4v) is 1.34. The Morgan fingerprint density at radius 2 is 1.91 bits per heavy atom. The molecule has 11 heavy (non-hydrogen) atoms. The zero-order valence-corrected chi connectivity index (χ0v) is 10.4. The predicted octanol–water partition coefficient (Wildman–Crippen LogP) is 2.94. The highest BCUT2D eigenvalue weighted by Gasteiger charge is 2.28. The van der Waals surface area contributed by atoms with Crippen LogP contribution in [0.3, 0.4) is 0 Å². The first kappa shape index (κ1) is 11.9. The second-order valence-corrected chi connectivity index (χ2v) is 5.93. The summed E-state index contributed by atoms with van der Waals surface area (Å²) in [5.41, 5.74) is 0. The van der Waals surface area contributed by atoms with E-state index in [0.717, 1.165) is 11.8 Å². The van der Waals surface area contributed by atoms with Gasteiger partial charge in [-0.15, -0.1) is 0 Å². The lowest BCUT2D eigenvalue weighted by Gasteiger charge is -2.27. The van der Waals surface area contributed by atoms with Crippen LogP contribution in [0.15, 0.2) is 0 Å². The third-order valence-corrected chi connectivity index (χ3v) is 4.38. The molecule has 2 atom stereocenters. The molecule has 0 fully saturated rings. The van der Waals surface area contributed by atoms with Gasteiger partial charge in [-0.05, 0) is 19.3 Å². The van der Waals surface area contributed by atoms with Gasteiger partial charge in [0.05, 0.1) is 10.4 Å². The number of halogens is 2. The summed E-state index contributed by atoms with van der Waals surface area (Å²) in [5, 5.41) is 10.4. The molecular formula is C8H16Br2O. The van der Waals surface area contributed by atoms with Gasteiger partial charge in [-0.3, -0.25) is 0 Å². The van der Waals surface area contributed by atoms with Crippen molar-refractivity contribution in [3.05, 3.63) is 0 Å². The molecule has 0 heterocycles. The van der Waals surface area contributed by atoms with Crippen molar-refractivity contribution in [1.82, 2.24) is 0 Å². The number of hydrogen-bond donors (Lipinski definition) is 1. The minimum absolute atomic E-state index is 0.183. The molecule has 0 saturated carbocycles. The van der Waals surface area contributed by atoms with E-state index >= 15 is 0 Å². The molecule has 0 spiro atoms. The Labute approximate surface area is 85.8 Å². The summed E-state index contributed by atoms with van der Waals surface area (Å²) >= 11 is 6.83. The van der Waals surface area contributed by atoms with Crippen LogP contribution in [-0.2, 0) is 0 Å². The average Bonchev–Trinajstić information content (AvgIpc) is 1.86. The van der Waals surface area contributed by atoms with Crippen LogP contribution in [0.25, 0.3) is 0 Å². The molecule has 1 nitrogen and oxygen atoms in total. The summed E-state index contributed by atoms with van der Waals surface area (Å²) in [6, 6.07) is 0. The summed E-state index contributed by atoms with van der Waals surface area (Å²) in [5.74, 6) is 0.543. The molecule has 0 saturated heterocycles. The lowest BCUT2D eigenvalue weighted by molar-refractivity contribution is 0.123. The van der Waals surface area contributed by atoms with Crippen LogP contribution < -0.4 is 0 Å². The van der Waals surface area contributed by atoms with E-state index in [-0.39, 0.29) is 10.4 Å². The Balaban J connectivity index is 3.90. The van der Waals surface area contributed by atoms with Gasteiger partial charge < -0.3 is 5.11 Å². The summed E-state index contributed by atoms with van der Waals surface area (Å²) in [6.07, 6.45) is 0.565. The minimum atomic E-state index is -0.276. The van der Waals surface area contributed by atoms with Gasteiger partial charge in [0, 0.05) is 5.33 Å². The zero-order chi connectivity index (χ0) is 9.07. The van der Waals surface area contributed by atoms with Crippen molar-refractivity contribution < 1.29 is 5.11 Å². The standard InChI is InChI=1S/C8H16Br2O/c1-6(2)4-7(11)8(3,10)5-9/h6-7,11H,4-5H2,1-3H3. The quantitative estimate of drug-likeness (QED) is 0.789. The smallest absolute Gasteiger partial charge is 0.0701 e. The predicted molar refractivity (Wildman–Crippen MR) is 56.6 cm³/mol. The SMILES string of the molecule is CC(C)CC(O)C(C)(Br)CBr. The van der Waals surface area contributed by atoms with Gasteiger partial charge >= 0.3 is 0 Å². The normalized spacial score (nSPS) is 19.9. The molecule has 1 N–H and O–H groups in total. The fourth-order valence-electron chi connectivity index (χ4n) is 0.781. The van der Waals surface area contributed by atoms with Crippen molar-refractivity contribution in [2.24, 2.45) is 5.92 Å². The average molecular weight is 288 g/mol. The van der Waals surface area contributed by atoms with Gasteiger partial charge in [0.25, 0.3) is 0 Å². The molecular weight excluding hydrogens is 272 g/mol. The molecule has 0 aliphatic heterocycles. The molecule has 3 heteroatoms. The van der Waals surface area contributed by atoms with Crippen molar-refractivity contribution >= 4 is 31.9 Å². The molecule has 0 aromatic carbocycles. The Hall–Kier alpha value is 0.920. The van der Waals surface area contributed by atoms with Crippen LogP contribution in [0.2, 0.25) is 0 Å². The van der Waals surface area contributed by atoms with E-state index in [0.29, 0.717) is 5.92 Å². The van der Waals surface area contributed by atoms with Crippen LogP contribution in [0, 0.1) is 5.92 Å². The number of alkyl halides is 2. The van der Waals surface area contributed by atoms with Crippen molar-refractivity contribution in [3.8, 4) is 0 Å². The van der Waals surface area contributed by atoms with Gasteiger partial charge in [0.2, 0.25) is 0 Å². The van der Waals surface area contributed by atoms with E-state index in [9.17, 15) is 5.11 Å². The third kappa shape index (κ3) is 4.48. The number of aliphatic hydroxyl groups excluding tert-OH is 1. The van der Waals surface area contributed by atoms with E-state index < -0.39 is 0 Å². The van der Waals surface area contributed by atoms with Crippen LogP contribution in [0.1, 0.15) is 27.2 Å². The molecule has 0 radical (unpaired) electrons. The minimum Gasteiger partial charge on any atom is -0.392 e. The molecule has 2 unspecified atom stereocenters. The van der Waals surface area contributed by atoms with E-state index in [1.165, 1.54) is 0 Å². The summed E-state index contributed by atoms with van der Waals surface area (Å²) < 4.78 is -0.183. The number of hydrogen-bond acceptors (Lipinski definition) is 1. The first-order valence-electron chi connectivity index (χ1n) is 3.83. The monoisotopic (exact) mass is 286 g/mol. The van der Waals surface area contributed by atoms with Gasteiger partial charge in [-0.25, -0.2) is 0 Å². The van der Waals surface area contributed by atoms with Crippen molar-refractivity contribution in [2.45, 2.75) is 37.6 Å². The van der Waals surface area contributed by atoms with E-state index in [1.807, 2.05) is 6.92 Å². The van der Waals surface area contributed by atoms with Gasteiger partial charge in [0.1, 0.15) is 0 Å². The second-order valence-electron chi connectivity index (χ2n) is 3.56. The molecule has 0 bridgehead atoms. The highest BCUT2D eigenvalue weighted by molar-refractivity contribution is 9.12. The van der Waals surface area contributed by atoms with Gasteiger partial charge in [0.15, 0.2) is 0 Å². The van der Waals surface area contributed by atoms with Gasteiger partial charge in [-0.2, -0.15) is 0 Å². The topological polar surface area (TPSA) is 20.2 Å². The molecule has 0 aliphatic carbocycles. The van der Waals surface area contributed by atoms with Gasteiger partial charge in [-0.1, -0.05) is 45.7 Å². The molecule has 0 aliphatic rings. The Morgan fingerprint density at radius 1 is 1.45 bits per heavy atom. The van der Waals surface area contributed by atoms with E-state index in [4.69, 9.17) is 0 Å². The summed E-state index contributed by atoms with van der Waals surface area (Å²) in [6.45, 7) is 6.22. The molecule has 0 aromatic rings. The van der Waals surface area contributed by atoms with Crippen LogP contribution in [-0.4, -0.2) is 20.9 Å². The molecule has 0 rings (SSSR count). The molecule has 0 aromatic heterocycles. The maximum Gasteiger partial charge on any atom is 0.0701 e. The Bertz CT molecular complexity index is 113. The van der Waals surface area contributed by atoms with E-state index in [2.05, 4.69) is 45.7 Å². The highest BCUT2D eigenvalue weighted by atomic mass is 79.9. The van der Waals surface area contributed by atoms with Crippen LogP contribution in [0.4, 0.5) is 0 Å². The summed E-state index contributed by atoms with van der Waals surface area (Å²) in [7, 11) is 0. The molecule has 0 amide bonds. The lowest BCUT2D eigenvalue weighted by atomic mass is 9.97. The maximum absolute atomic E-state index is 9.67. The lowest BCUT2D eigenvalue weighted by Crippen LogP contribution is -2.35. The van der Waals surface area contributed by atoms with Crippen molar-refractivity contribution in [3.63, 3.8) is 0 Å². The largest absolute Gasteiger partial charge is 0.392 e. The Morgan fingerprint density at radius 3 is 2.18 bits per heavy atom. The fraction of sp³-hybridized carbons (Fsp3) is 1.00. The first-order valence-corrected chi connectivity index (χ1v) is 5.74. The van der Waals surface area contributed by atoms with E-state index in [1.54, 1.807) is 0 Å². The van der Waals surface area contributed by atoms with Crippen LogP contribution >= 0.6 is 31.9 Å². The first-order chi connectivity index (χ1) is 4.90. The summed E-state index contributed by atoms with van der Waals surface area (Å²) in [4.78, 5) is 0. The third-order valence-electron chi connectivity index (χ3n) is 1.65. The maximum atomic E-state index is 9.67. The molecule has 68 valence electrons. The van der Waals surface area contributed by atoms with Crippen molar-refractivity contribution in [2.75, 3.05) is 5.33 Å².